The summed E-state index contributed by atoms with van der Waals surface area (Å²) in [5, 5.41) is 17.5. The van der Waals surface area contributed by atoms with Crippen molar-refractivity contribution in [1.82, 2.24) is 5.48 Å². The number of hydrogen-bond donors (Lipinski definition) is 3. The van der Waals surface area contributed by atoms with Gasteiger partial charge in [-0.2, -0.15) is 0 Å². The summed E-state index contributed by atoms with van der Waals surface area (Å²) >= 11 is 5.50. The Hall–Kier alpha value is -0.840. The highest BCUT2D eigenvalue weighted by molar-refractivity contribution is 6.32. The highest BCUT2D eigenvalue weighted by Gasteiger charge is 2.10. The maximum Gasteiger partial charge on any atom is 0.141 e. The van der Waals surface area contributed by atoms with E-state index < -0.39 is 5.82 Å². The standard InChI is InChI=1S/C7H7ClFNO2/c8-5-1-2-6(9)4(3-10-12)7(5)11/h1-2,10-12H,3H2. The predicted octanol–water partition coefficient (Wildman–Crippen LogP) is 1.66. The first-order valence-corrected chi connectivity index (χ1v) is 3.57. The van der Waals surface area contributed by atoms with Crippen LogP contribution in [0.25, 0.3) is 0 Å². The average molecular weight is 192 g/mol. The molecule has 0 aliphatic heterocycles. The van der Waals surface area contributed by atoms with Gasteiger partial charge in [0.25, 0.3) is 0 Å². The lowest BCUT2D eigenvalue weighted by molar-refractivity contribution is 0.159. The Morgan fingerprint density at radius 2 is 2.17 bits per heavy atom. The van der Waals surface area contributed by atoms with Crippen LogP contribution >= 0.6 is 11.6 Å². The monoisotopic (exact) mass is 191 g/mol. The van der Waals surface area contributed by atoms with Crippen LogP contribution in [0.3, 0.4) is 0 Å². The maximum absolute atomic E-state index is 12.8. The van der Waals surface area contributed by atoms with Crippen LogP contribution in [0.4, 0.5) is 4.39 Å². The maximum atomic E-state index is 12.8. The molecule has 0 aliphatic carbocycles. The molecule has 0 spiro atoms. The first kappa shape index (κ1) is 9.25. The molecule has 0 amide bonds. The summed E-state index contributed by atoms with van der Waals surface area (Å²) in [4.78, 5) is 0. The van der Waals surface area contributed by atoms with Crippen molar-refractivity contribution in [3.63, 3.8) is 0 Å². The topological polar surface area (TPSA) is 52.5 Å². The Morgan fingerprint density at radius 1 is 1.50 bits per heavy atom. The van der Waals surface area contributed by atoms with Gasteiger partial charge in [0.1, 0.15) is 11.6 Å². The molecule has 0 unspecified atom stereocenters. The van der Waals surface area contributed by atoms with E-state index in [1.54, 1.807) is 5.48 Å². The molecule has 0 aromatic heterocycles. The molecule has 0 aliphatic rings. The molecule has 5 heteroatoms. The van der Waals surface area contributed by atoms with E-state index >= 15 is 0 Å². The second kappa shape index (κ2) is 3.71. The molecule has 0 saturated carbocycles. The van der Waals surface area contributed by atoms with Crippen LogP contribution < -0.4 is 5.48 Å². The van der Waals surface area contributed by atoms with Crippen molar-refractivity contribution in [3.8, 4) is 5.75 Å². The fraction of sp³-hybridized carbons (Fsp3) is 0.143. The molecule has 1 rings (SSSR count). The molecule has 3 nitrogen and oxygen atoms in total. The zero-order valence-electron chi connectivity index (χ0n) is 6.01. The van der Waals surface area contributed by atoms with Gasteiger partial charge in [-0.05, 0) is 12.1 Å². The van der Waals surface area contributed by atoms with Crippen molar-refractivity contribution in [1.29, 1.82) is 0 Å². The minimum absolute atomic E-state index is 0.0509. The van der Waals surface area contributed by atoms with Gasteiger partial charge < -0.3 is 10.3 Å². The number of phenolic OH excluding ortho intramolecular Hbond substituents is 1. The molecular formula is C7H7ClFNO2. The highest BCUT2D eigenvalue weighted by Crippen LogP contribution is 2.28. The summed E-state index contributed by atoms with van der Waals surface area (Å²) in [6.45, 7) is -0.182. The lowest BCUT2D eigenvalue weighted by Crippen LogP contribution is -2.08. The number of benzene rings is 1. The highest BCUT2D eigenvalue weighted by atomic mass is 35.5. The normalized spacial score (nSPS) is 10.2. The van der Waals surface area contributed by atoms with Gasteiger partial charge in [-0.1, -0.05) is 11.6 Å². The molecule has 66 valence electrons. The first-order chi connectivity index (χ1) is 5.66. The van der Waals surface area contributed by atoms with Gasteiger partial charge in [-0.15, -0.1) is 0 Å². The quantitative estimate of drug-likeness (QED) is 0.624. The van der Waals surface area contributed by atoms with Crippen molar-refractivity contribution in [2.24, 2.45) is 0 Å². The van der Waals surface area contributed by atoms with Crippen molar-refractivity contribution in [3.05, 3.63) is 28.5 Å². The number of aromatic hydroxyl groups is 1. The van der Waals surface area contributed by atoms with Crippen LogP contribution in [0.2, 0.25) is 5.02 Å². The van der Waals surface area contributed by atoms with E-state index in [9.17, 15) is 9.50 Å². The lowest BCUT2D eigenvalue weighted by Gasteiger charge is -2.05. The third kappa shape index (κ3) is 1.66. The fourth-order valence-corrected chi connectivity index (χ4v) is 1.01. The molecule has 3 N–H and O–H groups in total. The van der Waals surface area contributed by atoms with Crippen molar-refractivity contribution in [2.45, 2.75) is 6.54 Å². The van der Waals surface area contributed by atoms with Crippen molar-refractivity contribution >= 4 is 11.6 Å². The first-order valence-electron chi connectivity index (χ1n) is 3.19. The van der Waals surface area contributed by atoms with E-state index in [1.165, 1.54) is 6.07 Å². The third-order valence-corrected chi connectivity index (χ3v) is 1.74. The molecule has 0 atom stereocenters. The molecule has 1 aromatic carbocycles. The Bertz CT molecular complexity index is 293. The number of nitrogens with one attached hydrogen (secondary N) is 1. The van der Waals surface area contributed by atoms with E-state index in [2.05, 4.69) is 0 Å². The third-order valence-electron chi connectivity index (χ3n) is 1.43. The summed E-state index contributed by atoms with van der Waals surface area (Å²) in [7, 11) is 0. The summed E-state index contributed by atoms with van der Waals surface area (Å²) in [6.07, 6.45) is 0. The van der Waals surface area contributed by atoms with Gasteiger partial charge >= 0.3 is 0 Å². The smallest absolute Gasteiger partial charge is 0.141 e. The van der Waals surface area contributed by atoms with E-state index in [4.69, 9.17) is 16.8 Å². The second-order valence-electron chi connectivity index (χ2n) is 2.19. The Balaban J connectivity index is 3.14. The van der Waals surface area contributed by atoms with E-state index in [-0.39, 0.29) is 22.9 Å². The second-order valence-corrected chi connectivity index (χ2v) is 2.60. The summed E-state index contributed by atoms with van der Waals surface area (Å²) in [5.41, 5.74) is 1.68. The van der Waals surface area contributed by atoms with Gasteiger partial charge in [-0.3, -0.25) is 0 Å². The van der Waals surface area contributed by atoms with Crippen LogP contribution in [0, 0.1) is 5.82 Å². The van der Waals surface area contributed by atoms with E-state index in [0.29, 0.717) is 0 Å². The lowest BCUT2D eigenvalue weighted by atomic mass is 10.2. The molecule has 0 saturated heterocycles. The Kier molecular flexibility index (Phi) is 2.86. The summed E-state index contributed by atoms with van der Waals surface area (Å²) in [5.74, 6) is -0.961. The SMILES string of the molecule is ONCc1c(F)ccc(Cl)c1O. The summed E-state index contributed by atoms with van der Waals surface area (Å²) in [6, 6.07) is 2.36. The number of hydrogen-bond acceptors (Lipinski definition) is 3. The minimum atomic E-state index is -0.613. The zero-order valence-corrected chi connectivity index (χ0v) is 6.77. The molecule has 0 radical (unpaired) electrons. The largest absolute Gasteiger partial charge is 0.506 e. The number of rotatable bonds is 2. The molecule has 0 bridgehead atoms. The molecule has 0 fully saturated rings. The molecule has 1 aromatic rings. The zero-order chi connectivity index (χ0) is 9.14. The van der Waals surface area contributed by atoms with Crippen LogP contribution in [-0.4, -0.2) is 10.3 Å². The van der Waals surface area contributed by atoms with Crippen LogP contribution in [0.5, 0.6) is 5.75 Å². The van der Waals surface area contributed by atoms with Gasteiger partial charge in [0.05, 0.1) is 11.6 Å². The van der Waals surface area contributed by atoms with Crippen molar-refractivity contribution < 1.29 is 14.7 Å². The number of phenols is 1. The predicted molar refractivity (Wildman–Crippen MR) is 41.7 cm³/mol. The van der Waals surface area contributed by atoms with E-state index in [1.807, 2.05) is 0 Å². The number of hydroxylamine groups is 1. The van der Waals surface area contributed by atoms with Gasteiger partial charge in [0.15, 0.2) is 0 Å². The fourth-order valence-electron chi connectivity index (χ4n) is 0.830. The Labute approximate surface area is 73.4 Å². The van der Waals surface area contributed by atoms with Crippen LogP contribution in [0.15, 0.2) is 12.1 Å². The van der Waals surface area contributed by atoms with E-state index in [0.717, 1.165) is 6.07 Å². The van der Waals surface area contributed by atoms with Gasteiger partial charge in [0, 0.05) is 5.56 Å². The van der Waals surface area contributed by atoms with Gasteiger partial charge in [0.2, 0.25) is 0 Å². The summed E-state index contributed by atoms with van der Waals surface area (Å²) < 4.78 is 12.8. The minimum Gasteiger partial charge on any atom is -0.506 e. The molecule has 0 heterocycles. The number of halogens is 2. The van der Waals surface area contributed by atoms with Gasteiger partial charge in [-0.25, -0.2) is 9.87 Å². The average Bonchev–Trinajstić information content (AvgIpc) is 2.06. The molecule has 12 heavy (non-hydrogen) atoms. The van der Waals surface area contributed by atoms with Crippen LogP contribution in [0.1, 0.15) is 5.56 Å². The molecular weight excluding hydrogens is 185 g/mol. The Morgan fingerprint density at radius 3 is 2.75 bits per heavy atom. The van der Waals surface area contributed by atoms with Crippen LogP contribution in [-0.2, 0) is 6.54 Å². The van der Waals surface area contributed by atoms with Crippen molar-refractivity contribution in [2.75, 3.05) is 0 Å².